The van der Waals surface area contributed by atoms with E-state index in [2.05, 4.69) is 12.2 Å². The second-order valence-corrected chi connectivity index (χ2v) is 14.2. The summed E-state index contributed by atoms with van der Waals surface area (Å²) in [6, 6.07) is 0. The Labute approximate surface area is 242 Å². The minimum absolute atomic E-state index is 0.0295. The topological polar surface area (TPSA) is 80.7 Å². The lowest BCUT2D eigenvalue weighted by Gasteiger charge is -2.64. The summed E-state index contributed by atoms with van der Waals surface area (Å²) in [5, 5.41) is 13.0. The summed E-state index contributed by atoms with van der Waals surface area (Å²) in [4.78, 5) is 44.5. The van der Waals surface area contributed by atoms with Gasteiger partial charge in [-0.15, -0.1) is 0 Å². The molecule has 2 heterocycles. The molecule has 0 aromatic heterocycles. The van der Waals surface area contributed by atoms with Crippen LogP contribution < -0.4 is 0 Å². The third kappa shape index (κ3) is 4.38. The summed E-state index contributed by atoms with van der Waals surface area (Å²) in [5.74, 6) is -4.13. The molecule has 1 saturated carbocycles. The standard InChI is InChI=1S/C35H52O5/c1-22(2)13-12-18-31(11)27(15-14-23(3)4)21-32(19-16-24(5)6)29(37)33(20-17-25(7)8)30(38)34(31,28(36)26(9)10)35(32,39)40-33/h13-14,16-17,26-27,39H,12,15,18-21H2,1-11H3. The summed E-state index contributed by atoms with van der Waals surface area (Å²) in [6.07, 6.45) is 10.5. The number of rotatable bonds is 11. The number of carbonyl (C=O) groups excluding carboxylic acids is 3. The van der Waals surface area contributed by atoms with Crippen molar-refractivity contribution in [3.63, 3.8) is 0 Å². The lowest BCUT2D eigenvalue weighted by molar-refractivity contribution is -0.317. The molecular formula is C35H52O5. The van der Waals surface area contributed by atoms with Gasteiger partial charge in [-0.25, -0.2) is 0 Å². The molecule has 40 heavy (non-hydrogen) atoms. The maximum absolute atomic E-state index is 15.1. The fraction of sp³-hybridized carbons (Fsp3) is 0.686. The molecule has 1 aliphatic carbocycles. The van der Waals surface area contributed by atoms with Gasteiger partial charge in [-0.2, -0.15) is 0 Å². The van der Waals surface area contributed by atoms with Gasteiger partial charge in [0, 0.05) is 12.3 Å². The third-order valence-electron chi connectivity index (χ3n) is 9.92. The molecule has 222 valence electrons. The van der Waals surface area contributed by atoms with Gasteiger partial charge in [0.2, 0.25) is 5.79 Å². The number of allylic oxidation sites excluding steroid dienone is 7. The number of ketones is 3. The van der Waals surface area contributed by atoms with Crippen LogP contribution in [0.2, 0.25) is 0 Å². The zero-order chi connectivity index (χ0) is 30.5. The van der Waals surface area contributed by atoms with E-state index in [4.69, 9.17) is 4.74 Å². The molecule has 2 saturated heterocycles. The van der Waals surface area contributed by atoms with Crippen molar-refractivity contribution in [3.05, 3.63) is 46.6 Å². The molecule has 0 spiro atoms. The molecule has 5 heteroatoms. The largest absolute Gasteiger partial charge is 0.363 e. The Morgan fingerprint density at radius 3 is 1.90 bits per heavy atom. The number of carbonyl (C=O) groups is 3. The van der Waals surface area contributed by atoms with Crippen molar-refractivity contribution >= 4 is 17.3 Å². The van der Waals surface area contributed by atoms with Gasteiger partial charge in [-0.1, -0.05) is 67.4 Å². The number of Topliss-reactive ketones (excluding diaryl/α,β-unsaturated/α-hetero) is 3. The van der Waals surface area contributed by atoms with E-state index in [-0.39, 0.29) is 30.3 Å². The zero-order valence-electron chi connectivity index (χ0n) is 26.8. The van der Waals surface area contributed by atoms with E-state index >= 15 is 4.79 Å². The normalized spacial score (nSPS) is 36.0. The Morgan fingerprint density at radius 1 is 0.875 bits per heavy atom. The molecule has 1 N–H and O–H groups in total. The van der Waals surface area contributed by atoms with Crippen molar-refractivity contribution in [1.29, 1.82) is 0 Å². The number of hydrogen-bond acceptors (Lipinski definition) is 5. The quantitative estimate of drug-likeness (QED) is 0.210. The fourth-order valence-corrected chi connectivity index (χ4v) is 7.84. The Morgan fingerprint density at radius 2 is 1.40 bits per heavy atom. The van der Waals surface area contributed by atoms with Crippen molar-refractivity contribution in [2.75, 3.05) is 0 Å². The zero-order valence-corrected chi connectivity index (χ0v) is 26.8. The van der Waals surface area contributed by atoms with Crippen molar-refractivity contribution in [3.8, 4) is 0 Å². The Hall–Kier alpha value is -2.11. The summed E-state index contributed by atoms with van der Waals surface area (Å²) >= 11 is 0. The van der Waals surface area contributed by atoms with Crippen LogP contribution in [0.15, 0.2) is 46.6 Å². The number of hydrogen-bond donors (Lipinski definition) is 1. The molecule has 0 aromatic rings. The van der Waals surface area contributed by atoms with Crippen LogP contribution in [-0.2, 0) is 19.1 Å². The van der Waals surface area contributed by atoms with Crippen LogP contribution in [0.25, 0.3) is 0 Å². The lowest BCUT2D eigenvalue weighted by Crippen LogP contribution is -2.78. The molecule has 0 radical (unpaired) electrons. The van der Waals surface area contributed by atoms with E-state index in [9.17, 15) is 14.7 Å². The maximum atomic E-state index is 15.1. The molecule has 2 aliphatic heterocycles. The molecule has 3 fully saturated rings. The molecule has 3 rings (SSSR count). The predicted octanol–water partition coefficient (Wildman–Crippen LogP) is 7.64. The molecule has 5 nitrogen and oxygen atoms in total. The van der Waals surface area contributed by atoms with Crippen molar-refractivity contribution in [2.45, 2.75) is 126 Å². The number of aliphatic hydroxyl groups is 1. The summed E-state index contributed by atoms with van der Waals surface area (Å²) in [6.45, 7) is 21.5. The van der Waals surface area contributed by atoms with Crippen LogP contribution in [0, 0.1) is 28.1 Å². The molecule has 6 atom stereocenters. The highest BCUT2D eigenvalue weighted by atomic mass is 16.7. The van der Waals surface area contributed by atoms with E-state index in [1.807, 2.05) is 74.5 Å². The minimum Gasteiger partial charge on any atom is -0.363 e. The van der Waals surface area contributed by atoms with Crippen LogP contribution in [0.4, 0.5) is 0 Å². The van der Waals surface area contributed by atoms with E-state index in [1.54, 1.807) is 13.8 Å². The summed E-state index contributed by atoms with van der Waals surface area (Å²) in [7, 11) is 0. The van der Waals surface area contributed by atoms with E-state index in [1.165, 1.54) is 0 Å². The molecule has 0 aromatic carbocycles. The van der Waals surface area contributed by atoms with Gasteiger partial charge in [0.1, 0.15) is 0 Å². The van der Waals surface area contributed by atoms with Crippen LogP contribution in [-0.4, -0.2) is 33.8 Å². The smallest absolute Gasteiger partial charge is 0.201 e. The van der Waals surface area contributed by atoms with E-state index in [0.717, 1.165) is 22.3 Å². The highest BCUT2D eigenvalue weighted by Crippen LogP contribution is 2.78. The average Bonchev–Trinajstić information content (AvgIpc) is 3.17. The summed E-state index contributed by atoms with van der Waals surface area (Å²) < 4.78 is 6.53. The fourth-order valence-electron chi connectivity index (χ4n) is 7.84. The molecule has 3 aliphatic rings. The van der Waals surface area contributed by atoms with Crippen molar-refractivity contribution in [2.24, 2.45) is 28.1 Å². The van der Waals surface area contributed by atoms with Gasteiger partial charge in [0.25, 0.3) is 0 Å². The number of fused-ring (bicyclic) bond motifs is 1. The van der Waals surface area contributed by atoms with Gasteiger partial charge in [-0.05, 0) is 98.8 Å². The van der Waals surface area contributed by atoms with Crippen LogP contribution in [0.1, 0.15) is 115 Å². The number of ether oxygens (including phenoxy) is 1. The first-order valence-corrected chi connectivity index (χ1v) is 15.0. The second kappa shape index (κ2) is 10.9. The molecule has 0 amide bonds. The Kier molecular flexibility index (Phi) is 8.87. The first kappa shape index (κ1) is 32.4. The van der Waals surface area contributed by atoms with Crippen molar-refractivity contribution in [1.82, 2.24) is 0 Å². The van der Waals surface area contributed by atoms with Crippen LogP contribution >= 0.6 is 0 Å². The van der Waals surface area contributed by atoms with Gasteiger partial charge in [-0.3, -0.25) is 14.4 Å². The third-order valence-corrected chi connectivity index (χ3v) is 9.92. The SMILES string of the molecule is CC(C)=CCCC1(C)C(CC=C(C)C)CC2(CC=C(C)C)C(=O)C3(CC=C(C)C)OC2(O)C1(C(=O)C(C)C)C3=O. The maximum Gasteiger partial charge on any atom is 0.201 e. The van der Waals surface area contributed by atoms with E-state index < -0.39 is 39.3 Å². The van der Waals surface area contributed by atoms with Gasteiger partial charge >= 0.3 is 0 Å². The lowest BCUT2D eigenvalue weighted by atomic mass is 9.35. The van der Waals surface area contributed by atoms with Gasteiger partial charge < -0.3 is 9.84 Å². The van der Waals surface area contributed by atoms with E-state index in [0.29, 0.717) is 25.7 Å². The predicted molar refractivity (Wildman–Crippen MR) is 161 cm³/mol. The summed E-state index contributed by atoms with van der Waals surface area (Å²) in [5.41, 5.74) is -1.80. The highest BCUT2D eigenvalue weighted by molar-refractivity contribution is 6.28. The minimum atomic E-state index is -2.22. The van der Waals surface area contributed by atoms with Crippen LogP contribution in [0.3, 0.4) is 0 Å². The Balaban J connectivity index is 2.48. The molecule has 6 unspecified atom stereocenters. The van der Waals surface area contributed by atoms with Gasteiger partial charge in [0.05, 0.1) is 5.41 Å². The first-order valence-electron chi connectivity index (χ1n) is 15.0. The van der Waals surface area contributed by atoms with Crippen molar-refractivity contribution < 1.29 is 24.2 Å². The molecule has 2 bridgehead atoms. The molecular weight excluding hydrogens is 500 g/mol. The van der Waals surface area contributed by atoms with Gasteiger partial charge in [0.15, 0.2) is 28.4 Å². The average molecular weight is 553 g/mol. The second-order valence-electron chi connectivity index (χ2n) is 14.2. The first-order chi connectivity index (χ1) is 18.4. The monoisotopic (exact) mass is 552 g/mol. The highest BCUT2D eigenvalue weighted by Gasteiger charge is 2.94. The Bertz CT molecular complexity index is 1180. The van der Waals surface area contributed by atoms with Crippen LogP contribution in [0.5, 0.6) is 0 Å².